The first-order valence-corrected chi connectivity index (χ1v) is 5.61. The molecule has 0 radical (unpaired) electrons. The lowest BCUT2D eigenvalue weighted by atomic mass is 10.1. The van der Waals surface area contributed by atoms with Gasteiger partial charge in [-0.05, 0) is 31.5 Å². The first-order valence-electron chi connectivity index (χ1n) is 5.61. The van der Waals surface area contributed by atoms with Crippen LogP contribution in [0.15, 0.2) is 24.3 Å². The molecular formula is C13H15F3N2. The summed E-state index contributed by atoms with van der Waals surface area (Å²) in [5.74, 6) is 0. The Morgan fingerprint density at radius 1 is 1.33 bits per heavy atom. The Balaban J connectivity index is 2.80. The van der Waals surface area contributed by atoms with E-state index in [0.29, 0.717) is 11.1 Å². The second-order valence-corrected chi connectivity index (χ2v) is 4.43. The van der Waals surface area contributed by atoms with Crippen molar-refractivity contribution in [2.75, 3.05) is 6.54 Å². The van der Waals surface area contributed by atoms with Gasteiger partial charge in [0, 0.05) is 12.6 Å². The molecule has 18 heavy (non-hydrogen) atoms. The molecule has 5 heteroatoms. The lowest BCUT2D eigenvalue weighted by Crippen LogP contribution is -2.38. The highest BCUT2D eigenvalue weighted by molar-refractivity contribution is 5.32. The molecular weight excluding hydrogens is 241 g/mol. The van der Waals surface area contributed by atoms with Crippen molar-refractivity contribution < 1.29 is 13.2 Å². The summed E-state index contributed by atoms with van der Waals surface area (Å²) >= 11 is 0. The van der Waals surface area contributed by atoms with Crippen LogP contribution in [0.3, 0.4) is 0 Å². The fourth-order valence-electron chi connectivity index (χ4n) is 1.63. The van der Waals surface area contributed by atoms with E-state index in [4.69, 9.17) is 5.26 Å². The molecule has 0 bridgehead atoms. The average Bonchev–Trinajstić information content (AvgIpc) is 2.26. The van der Waals surface area contributed by atoms with E-state index in [9.17, 15) is 13.2 Å². The number of rotatable bonds is 4. The first kappa shape index (κ1) is 14.5. The van der Waals surface area contributed by atoms with Gasteiger partial charge in [0.05, 0.1) is 18.2 Å². The Morgan fingerprint density at radius 3 is 2.50 bits per heavy atom. The molecule has 0 N–H and O–H groups in total. The van der Waals surface area contributed by atoms with Crippen LogP contribution in [0.5, 0.6) is 0 Å². The van der Waals surface area contributed by atoms with Crippen LogP contribution < -0.4 is 0 Å². The highest BCUT2D eigenvalue weighted by atomic mass is 19.4. The second kappa shape index (κ2) is 5.87. The molecule has 0 aliphatic heterocycles. The molecule has 0 fully saturated rings. The van der Waals surface area contributed by atoms with Crippen LogP contribution in [0, 0.1) is 11.3 Å². The van der Waals surface area contributed by atoms with Gasteiger partial charge < -0.3 is 0 Å². The normalized spacial score (nSPS) is 11.9. The molecule has 0 aromatic heterocycles. The Labute approximate surface area is 105 Å². The van der Waals surface area contributed by atoms with Gasteiger partial charge in [-0.3, -0.25) is 4.90 Å². The summed E-state index contributed by atoms with van der Waals surface area (Å²) in [6.45, 7) is 2.69. The maximum atomic E-state index is 12.4. The predicted octanol–water partition coefficient (Wildman–Crippen LogP) is 3.33. The summed E-state index contributed by atoms with van der Waals surface area (Å²) in [4.78, 5) is 1.33. The summed E-state index contributed by atoms with van der Waals surface area (Å²) < 4.78 is 37.3. The Morgan fingerprint density at radius 2 is 2.00 bits per heavy atom. The zero-order chi connectivity index (χ0) is 13.8. The van der Waals surface area contributed by atoms with Gasteiger partial charge in [-0.1, -0.05) is 12.1 Å². The minimum atomic E-state index is -4.21. The predicted molar refractivity (Wildman–Crippen MR) is 62.8 cm³/mol. The molecule has 0 atom stereocenters. The number of nitriles is 1. The van der Waals surface area contributed by atoms with Crippen molar-refractivity contribution in [3.63, 3.8) is 0 Å². The molecule has 1 aromatic rings. The van der Waals surface area contributed by atoms with Crippen LogP contribution in [0.4, 0.5) is 13.2 Å². The topological polar surface area (TPSA) is 27.0 Å². The third-order valence-electron chi connectivity index (χ3n) is 2.55. The van der Waals surface area contributed by atoms with Gasteiger partial charge >= 0.3 is 6.18 Å². The zero-order valence-corrected chi connectivity index (χ0v) is 10.3. The molecule has 2 nitrogen and oxygen atoms in total. The molecule has 0 unspecified atom stereocenters. The van der Waals surface area contributed by atoms with E-state index in [1.165, 1.54) is 4.90 Å². The molecule has 0 aliphatic carbocycles. The molecule has 0 aliphatic rings. The van der Waals surface area contributed by atoms with E-state index in [2.05, 4.69) is 0 Å². The van der Waals surface area contributed by atoms with Crippen LogP contribution in [-0.4, -0.2) is 23.7 Å². The third kappa shape index (κ3) is 4.76. The lowest BCUT2D eigenvalue weighted by molar-refractivity contribution is -0.150. The van der Waals surface area contributed by atoms with Crippen molar-refractivity contribution in [1.82, 2.24) is 4.90 Å². The second-order valence-electron chi connectivity index (χ2n) is 4.43. The van der Waals surface area contributed by atoms with E-state index in [1.54, 1.807) is 38.1 Å². The van der Waals surface area contributed by atoms with Crippen molar-refractivity contribution in [1.29, 1.82) is 5.26 Å². The van der Waals surface area contributed by atoms with Crippen molar-refractivity contribution >= 4 is 0 Å². The number of hydrogen-bond acceptors (Lipinski definition) is 2. The summed E-state index contributed by atoms with van der Waals surface area (Å²) in [5.41, 5.74) is 1.18. The van der Waals surface area contributed by atoms with Gasteiger partial charge in [0.25, 0.3) is 0 Å². The molecule has 98 valence electrons. The van der Waals surface area contributed by atoms with Gasteiger partial charge in [-0.15, -0.1) is 0 Å². The highest BCUT2D eigenvalue weighted by Gasteiger charge is 2.31. The maximum Gasteiger partial charge on any atom is 0.401 e. The fourth-order valence-corrected chi connectivity index (χ4v) is 1.63. The summed E-state index contributed by atoms with van der Waals surface area (Å²) in [6.07, 6.45) is -4.21. The Hall–Kier alpha value is -1.54. The number of hydrogen-bond donors (Lipinski definition) is 0. The minimum absolute atomic E-state index is 0.187. The standard InChI is InChI=1S/C13H15F3N2/c1-10(2)18(9-13(14,15)16)8-12-5-3-4-11(6-12)7-17/h3-6,10H,8-9H2,1-2H3. The van der Waals surface area contributed by atoms with Crippen molar-refractivity contribution in [2.45, 2.75) is 32.6 Å². The van der Waals surface area contributed by atoms with Gasteiger partial charge in [-0.2, -0.15) is 18.4 Å². The van der Waals surface area contributed by atoms with Crippen LogP contribution in [0.1, 0.15) is 25.0 Å². The SMILES string of the molecule is CC(C)N(Cc1cccc(C#N)c1)CC(F)(F)F. The lowest BCUT2D eigenvalue weighted by Gasteiger charge is -2.27. The van der Waals surface area contributed by atoms with E-state index < -0.39 is 12.7 Å². The first-order chi connectivity index (χ1) is 8.31. The van der Waals surface area contributed by atoms with Gasteiger partial charge in [0.15, 0.2) is 0 Å². The van der Waals surface area contributed by atoms with Crippen molar-refractivity contribution in [3.05, 3.63) is 35.4 Å². The summed E-state index contributed by atoms with van der Waals surface area (Å²) in [6, 6.07) is 8.42. The van der Waals surface area contributed by atoms with Gasteiger partial charge in [-0.25, -0.2) is 0 Å². The highest BCUT2D eigenvalue weighted by Crippen LogP contribution is 2.20. The van der Waals surface area contributed by atoms with Crippen LogP contribution in [0.2, 0.25) is 0 Å². The third-order valence-corrected chi connectivity index (χ3v) is 2.55. The van der Waals surface area contributed by atoms with Crippen LogP contribution >= 0.6 is 0 Å². The zero-order valence-electron chi connectivity index (χ0n) is 10.3. The van der Waals surface area contributed by atoms with E-state index in [-0.39, 0.29) is 12.6 Å². The smallest absolute Gasteiger partial charge is 0.288 e. The quantitative estimate of drug-likeness (QED) is 0.826. The summed E-state index contributed by atoms with van der Waals surface area (Å²) in [5, 5.41) is 8.75. The monoisotopic (exact) mass is 256 g/mol. The van der Waals surface area contributed by atoms with Crippen LogP contribution in [0.25, 0.3) is 0 Å². The summed E-state index contributed by atoms with van der Waals surface area (Å²) in [7, 11) is 0. The van der Waals surface area contributed by atoms with E-state index in [1.807, 2.05) is 6.07 Å². The molecule has 0 amide bonds. The Bertz CT molecular complexity index is 433. The number of nitrogens with zero attached hydrogens (tertiary/aromatic N) is 2. The number of benzene rings is 1. The Kier molecular flexibility index (Phi) is 4.74. The largest absolute Gasteiger partial charge is 0.401 e. The number of alkyl halides is 3. The molecule has 0 heterocycles. The van der Waals surface area contributed by atoms with Crippen LogP contribution in [-0.2, 0) is 6.54 Å². The average molecular weight is 256 g/mol. The minimum Gasteiger partial charge on any atom is -0.288 e. The fraction of sp³-hybridized carbons (Fsp3) is 0.462. The van der Waals surface area contributed by atoms with Gasteiger partial charge in [0.2, 0.25) is 0 Å². The molecule has 0 saturated carbocycles. The van der Waals surface area contributed by atoms with Crippen molar-refractivity contribution in [2.24, 2.45) is 0 Å². The molecule has 0 saturated heterocycles. The molecule has 1 aromatic carbocycles. The van der Waals surface area contributed by atoms with E-state index in [0.717, 1.165) is 0 Å². The molecule has 1 rings (SSSR count). The van der Waals surface area contributed by atoms with E-state index >= 15 is 0 Å². The number of halogens is 3. The maximum absolute atomic E-state index is 12.4. The van der Waals surface area contributed by atoms with Gasteiger partial charge in [0.1, 0.15) is 0 Å². The van der Waals surface area contributed by atoms with Crippen molar-refractivity contribution in [3.8, 4) is 6.07 Å². The molecule has 0 spiro atoms.